The lowest BCUT2D eigenvalue weighted by atomic mass is 9.84. The van der Waals surface area contributed by atoms with E-state index in [-0.39, 0.29) is 0 Å². The van der Waals surface area contributed by atoms with Crippen LogP contribution < -0.4 is 0 Å². The summed E-state index contributed by atoms with van der Waals surface area (Å²) >= 11 is 6.62. The highest BCUT2D eigenvalue weighted by atomic mass is 79.9. The molecule has 4 rings (SSSR count). The molecule has 0 radical (unpaired) electrons. The summed E-state index contributed by atoms with van der Waals surface area (Å²) in [6.07, 6.45) is 0. The van der Waals surface area contributed by atoms with E-state index in [4.69, 9.17) is 9.97 Å². The zero-order valence-electron chi connectivity index (χ0n) is 16.6. The van der Waals surface area contributed by atoms with Gasteiger partial charge in [0.15, 0.2) is 0 Å². The van der Waals surface area contributed by atoms with Crippen LogP contribution in [0.1, 0.15) is 25.2 Å². The third-order valence-corrected chi connectivity index (χ3v) is 6.17. The maximum Gasteiger partial charge on any atom is 0.213 e. The van der Waals surface area contributed by atoms with Gasteiger partial charge in [-0.2, -0.15) is 8.78 Å². The Morgan fingerprint density at radius 3 is 1.42 bits per heavy atom. The summed E-state index contributed by atoms with van der Waals surface area (Å²) in [4.78, 5) is 17.3. The number of nitrogens with zero attached hydrogens (tertiary/aromatic N) is 4. The first-order valence-corrected chi connectivity index (χ1v) is 10.9. The number of hydrogen-bond acceptors (Lipinski definition) is 4. The van der Waals surface area contributed by atoms with Crippen LogP contribution in [0.4, 0.5) is 8.78 Å². The first-order valence-electron chi connectivity index (χ1n) is 9.35. The van der Waals surface area contributed by atoms with Gasteiger partial charge in [0.25, 0.3) is 0 Å². The van der Waals surface area contributed by atoms with Crippen molar-refractivity contribution in [1.29, 1.82) is 0 Å². The minimum atomic E-state index is -0.561. The third-order valence-electron chi connectivity index (χ3n) is 4.96. The van der Waals surface area contributed by atoms with Gasteiger partial charge in [-0.3, -0.25) is 9.97 Å². The average Bonchev–Trinajstić information content (AvgIpc) is 2.74. The van der Waals surface area contributed by atoms with E-state index in [1.165, 1.54) is 12.1 Å². The largest absolute Gasteiger partial charge is 0.252 e. The molecule has 0 aromatic carbocycles. The minimum absolute atomic E-state index is 0.392. The maximum absolute atomic E-state index is 13.4. The van der Waals surface area contributed by atoms with E-state index < -0.39 is 17.3 Å². The van der Waals surface area contributed by atoms with E-state index in [1.54, 1.807) is 12.1 Å². The molecule has 0 N–H and O–H groups in total. The van der Waals surface area contributed by atoms with Crippen LogP contribution in [0.5, 0.6) is 0 Å². The minimum Gasteiger partial charge on any atom is -0.252 e. The van der Waals surface area contributed by atoms with Gasteiger partial charge in [0.05, 0.1) is 22.8 Å². The van der Waals surface area contributed by atoms with Gasteiger partial charge in [-0.15, -0.1) is 0 Å². The van der Waals surface area contributed by atoms with Crippen LogP contribution in [0, 0.1) is 11.9 Å². The van der Waals surface area contributed by atoms with Gasteiger partial charge < -0.3 is 0 Å². The fourth-order valence-electron chi connectivity index (χ4n) is 3.20. The van der Waals surface area contributed by atoms with Crippen molar-refractivity contribution in [2.75, 3.05) is 0 Å². The fraction of sp³-hybridized carbons (Fsp3) is 0.130. The Kier molecular flexibility index (Phi) is 5.94. The van der Waals surface area contributed by atoms with Gasteiger partial charge in [0.1, 0.15) is 9.21 Å². The second kappa shape index (κ2) is 8.51. The van der Waals surface area contributed by atoms with E-state index in [2.05, 4.69) is 41.8 Å². The number of hydrogen-bond donors (Lipinski definition) is 0. The molecule has 0 aliphatic heterocycles. The standard InChI is InChI=1S/C23H16Br2F2N4/c1-23(2,17-7-3-5-15(28-17)13-9-11-19(26)30-21(13)24)18-8-4-6-16(29-18)14-10-12-20(27)31-22(14)25/h3-12H,1-2H3. The average molecular weight is 546 g/mol. The Labute approximate surface area is 195 Å². The summed E-state index contributed by atoms with van der Waals surface area (Å²) in [6.45, 7) is 4.06. The molecular formula is C23H16Br2F2N4. The molecule has 0 atom stereocenters. The summed E-state index contributed by atoms with van der Waals surface area (Å²) in [5.74, 6) is -1.12. The zero-order valence-corrected chi connectivity index (χ0v) is 19.7. The summed E-state index contributed by atoms with van der Waals surface area (Å²) in [7, 11) is 0. The van der Waals surface area contributed by atoms with E-state index in [1.807, 2.05) is 50.2 Å². The molecule has 0 spiro atoms. The van der Waals surface area contributed by atoms with Gasteiger partial charge in [0.2, 0.25) is 11.9 Å². The molecule has 4 nitrogen and oxygen atoms in total. The molecule has 0 bridgehead atoms. The lowest BCUT2D eigenvalue weighted by Gasteiger charge is -2.25. The van der Waals surface area contributed by atoms with Crippen LogP contribution in [0.15, 0.2) is 69.9 Å². The van der Waals surface area contributed by atoms with Crippen molar-refractivity contribution in [1.82, 2.24) is 19.9 Å². The number of pyridine rings is 4. The highest BCUT2D eigenvalue weighted by molar-refractivity contribution is 9.10. The monoisotopic (exact) mass is 544 g/mol. The number of rotatable bonds is 4. The Balaban J connectivity index is 1.75. The van der Waals surface area contributed by atoms with Gasteiger partial charge in [-0.05, 0) is 94.2 Å². The van der Waals surface area contributed by atoms with Crippen molar-refractivity contribution in [2.24, 2.45) is 0 Å². The molecule has 4 aromatic rings. The molecule has 4 heterocycles. The predicted molar refractivity (Wildman–Crippen MR) is 122 cm³/mol. The van der Waals surface area contributed by atoms with Crippen molar-refractivity contribution in [3.8, 4) is 22.5 Å². The maximum atomic E-state index is 13.4. The Morgan fingerprint density at radius 1 is 0.613 bits per heavy atom. The predicted octanol–water partition coefficient (Wildman–Crippen LogP) is 6.73. The molecule has 0 saturated heterocycles. The smallest absolute Gasteiger partial charge is 0.213 e. The van der Waals surface area contributed by atoms with E-state index in [0.717, 1.165) is 11.4 Å². The highest BCUT2D eigenvalue weighted by Crippen LogP contribution is 2.34. The first kappa shape index (κ1) is 21.6. The molecule has 0 amide bonds. The molecule has 156 valence electrons. The molecule has 0 fully saturated rings. The van der Waals surface area contributed by atoms with Crippen molar-refractivity contribution in [3.63, 3.8) is 0 Å². The summed E-state index contributed by atoms with van der Waals surface area (Å²) < 4.78 is 27.6. The number of aromatic nitrogens is 4. The van der Waals surface area contributed by atoms with Gasteiger partial charge in [-0.25, -0.2) is 9.97 Å². The Hall–Kier alpha value is -2.58. The van der Waals surface area contributed by atoms with Crippen molar-refractivity contribution >= 4 is 31.9 Å². The van der Waals surface area contributed by atoms with E-state index in [0.29, 0.717) is 31.7 Å². The van der Waals surface area contributed by atoms with Gasteiger partial charge in [-0.1, -0.05) is 12.1 Å². The topological polar surface area (TPSA) is 51.6 Å². The summed E-state index contributed by atoms with van der Waals surface area (Å²) in [5.41, 5.74) is 3.79. The molecule has 0 saturated carbocycles. The second-order valence-corrected chi connectivity index (χ2v) is 8.89. The Morgan fingerprint density at radius 2 is 1.03 bits per heavy atom. The third kappa shape index (κ3) is 4.41. The molecule has 4 aromatic heterocycles. The van der Waals surface area contributed by atoms with Gasteiger partial charge in [0, 0.05) is 16.5 Å². The van der Waals surface area contributed by atoms with E-state index >= 15 is 0 Å². The van der Waals surface area contributed by atoms with Crippen LogP contribution >= 0.6 is 31.9 Å². The highest BCUT2D eigenvalue weighted by Gasteiger charge is 2.27. The van der Waals surface area contributed by atoms with Crippen molar-refractivity contribution < 1.29 is 8.78 Å². The fourth-order valence-corrected chi connectivity index (χ4v) is 4.21. The van der Waals surface area contributed by atoms with E-state index in [9.17, 15) is 8.78 Å². The zero-order chi connectivity index (χ0) is 22.2. The second-order valence-electron chi connectivity index (χ2n) is 7.39. The molecular weight excluding hydrogens is 530 g/mol. The lowest BCUT2D eigenvalue weighted by Crippen LogP contribution is -2.22. The quantitative estimate of drug-likeness (QED) is 0.267. The summed E-state index contributed by atoms with van der Waals surface area (Å²) in [5, 5.41) is 0. The van der Waals surface area contributed by atoms with Crippen LogP contribution in [0.3, 0.4) is 0 Å². The molecule has 0 aliphatic carbocycles. The van der Waals surface area contributed by atoms with Crippen LogP contribution in [0.25, 0.3) is 22.5 Å². The summed E-state index contributed by atoms with van der Waals surface area (Å²) in [6, 6.07) is 17.3. The van der Waals surface area contributed by atoms with Crippen molar-refractivity contribution in [3.05, 3.63) is 93.2 Å². The van der Waals surface area contributed by atoms with Crippen molar-refractivity contribution in [2.45, 2.75) is 19.3 Å². The lowest BCUT2D eigenvalue weighted by molar-refractivity contribution is 0.581. The van der Waals surface area contributed by atoms with Gasteiger partial charge >= 0.3 is 0 Å². The van der Waals surface area contributed by atoms with Crippen LogP contribution in [-0.4, -0.2) is 19.9 Å². The molecule has 0 aliphatic rings. The van der Waals surface area contributed by atoms with Crippen LogP contribution in [-0.2, 0) is 5.41 Å². The first-order chi connectivity index (χ1) is 14.8. The van der Waals surface area contributed by atoms with Crippen LogP contribution in [0.2, 0.25) is 0 Å². The normalized spacial score (nSPS) is 11.5. The molecule has 31 heavy (non-hydrogen) atoms. The molecule has 8 heteroatoms. The molecule has 0 unspecified atom stereocenters. The SMILES string of the molecule is CC(C)(c1cccc(-c2ccc(F)nc2Br)n1)c1cccc(-c2ccc(F)nc2Br)n1. The number of halogens is 4. The Bertz CT molecular complexity index is 1180.